The Labute approximate surface area is 135 Å². The van der Waals surface area contributed by atoms with Gasteiger partial charge in [0.2, 0.25) is 5.91 Å². The molecule has 1 fully saturated rings. The van der Waals surface area contributed by atoms with Crippen molar-refractivity contribution in [2.24, 2.45) is 0 Å². The molecule has 2 aliphatic rings. The van der Waals surface area contributed by atoms with Gasteiger partial charge in [-0.15, -0.1) is 10.2 Å². The lowest BCUT2D eigenvalue weighted by atomic mass is 10.2. The highest BCUT2D eigenvalue weighted by molar-refractivity contribution is 5.81. The molecule has 1 aromatic heterocycles. The minimum atomic E-state index is -0.238. The van der Waals surface area contributed by atoms with Gasteiger partial charge in [0.25, 0.3) is 0 Å². The molecular formula is C15H24N6O2. The Hall–Kier alpha value is -2.12. The number of likely N-dealkylation sites (tertiary alicyclic amines) is 1. The summed E-state index contributed by atoms with van der Waals surface area (Å²) in [5, 5.41) is 13.9. The van der Waals surface area contributed by atoms with E-state index in [0.717, 1.165) is 44.6 Å². The Balaban J connectivity index is 1.68. The van der Waals surface area contributed by atoms with Crippen molar-refractivity contribution in [1.82, 2.24) is 30.3 Å². The lowest BCUT2D eigenvalue weighted by Gasteiger charge is -2.22. The zero-order valence-electron chi connectivity index (χ0n) is 13.7. The van der Waals surface area contributed by atoms with E-state index < -0.39 is 0 Å². The van der Waals surface area contributed by atoms with E-state index in [-0.39, 0.29) is 30.6 Å². The van der Waals surface area contributed by atoms with E-state index in [2.05, 4.69) is 20.8 Å². The summed E-state index contributed by atoms with van der Waals surface area (Å²) in [5.74, 6) is 1.64. The van der Waals surface area contributed by atoms with Crippen LogP contribution in [0.25, 0.3) is 0 Å². The van der Waals surface area contributed by atoms with Crippen molar-refractivity contribution in [3.8, 4) is 0 Å². The van der Waals surface area contributed by atoms with Crippen molar-refractivity contribution < 1.29 is 9.59 Å². The predicted molar refractivity (Wildman–Crippen MR) is 83.7 cm³/mol. The molecule has 1 atom stereocenters. The standard InChI is InChI=1S/C15H24N6O2/c1-10(2)17-15(23)16-9-13-19-18-12-6-5-11(21(12)13)14(22)20-7-3-4-8-20/h10-11H,3-9H2,1-2H3,(H2,16,17,23). The Bertz CT molecular complexity index is 591. The number of rotatable bonds is 4. The monoisotopic (exact) mass is 320 g/mol. The molecule has 0 aliphatic carbocycles. The highest BCUT2D eigenvalue weighted by Gasteiger charge is 2.35. The quantitative estimate of drug-likeness (QED) is 0.849. The third-order valence-corrected chi connectivity index (χ3v) is 4.32. The summed E-state index contributed by atoms with van der Waals surface area (Å²) in [5.41, 5.74) is 0. The van der Waals surface area contributed by atoms with E-state index in [1.165, 1.54) is 0 Å². The molecule has 2 aliphatic heterocycles. The first kappa shape index (κ1) is 15.8. The molecule has 3 rings (SSSR count). The van der Waals surface area contributed by atoms with Crippen LogP contribution in [0.3, 0.4) is 0 Å². The van der Waals surface area contributed by atoms with Crippen LogP contribution in [0.2, 0.25) is 0 Å². The third-order valence-electron chi connectivity index (χ3n) is 4.32. The van der Waals surface area contributed by atoms with Crippen LogP contribution in [0.15, 0.2) is 0 Å². The van der Waals surface area contributed by atoms with E-state index in [9.17, 15) is 9.59 Å². The molecule has 1 aromatic rings. The minimum Gasteiger partial charge on any atom is -0.341 e. The average molecular weight is 320 g/mol. The van der Waals surface area contributed by atoms with Crippen LogP contribution in [-0.4, -0.2) is 50.7 Å². The number of nitrogens with one attached hydrogen (secondary N) is 2. The summed E-state index contributed by atoms with van der Waals surface area (Å²) in [6, 6.07) is -0.385. The van der Waals surface area contributed by atoms with E-state index in [4.69, 9.17) is 0 Å². The molecule has 8 heteroatoms. The average Bonchev–Trinajstić information content (AvgIpc) is 3.21. The molecule has 0 radical (unpaired) electrons. The largest absolute Gasteiger partial charge is 0.341 e. The number of nitrogens with zero attached hydrogens (tertiary/aromatic N) is 4. The fraction of sp³-hybridized carbons (Fsp3) is 0.733. The maximum Gasteiger partial charge on any atom is 0.315 e. The first-order valence-corrected chi connectivity index (χ1v) is 8.32. The molecule has 126 valence electrons. The number of carbonyl (C=O) groups is 2. The van der Waals surface area contributed by atoms with Crippen LogP contribution < -0.4 is 10.6 Å². The molecule has 8 nitrogen and oxygen atoms in total. The Morgan fingerprint density at radius 3 is 2.70 bits per heavy atom. The second kappa shape index (κ2) is 6.55. The van der Waals surface area contributed by atoms with Crippen molar-refractivity contribution in [3.63, 3.8) is 0 Å². The number of aromatic nitrogens is 3. The third kappa shape index (κ3) is 3.30. The molecule has 1 unspecified atom stereocenters. The smallest absolute Gasteiger partial charge is 0.315 e. The van der Waals surface area contributed by atoms with Crippen LogP contribution in [0.5, 0.6) is 0 Å². The second-order valence-corrected chi connectivity index (χ2v) is 6.47. The highest BCUT2D eigenvalue weighted by atomic mass is 16.2. The normalized spacial score (nSPS) is 20.0. The van der Waals surface area contributed by atoms with Crippen molar-refractivity contribution >= 4 is 11.9 Å². The number of fused-ring (bicyclic) bond motifs is 1. The Kier molecular flexibility index (Phi) is 4.49. The van der Waals surface area contributed by atoms with Crippen LogP contribution in [0.1, 0.15) is 50.8 Å². The van der Waals surface area contributed by atoms with Crippen molar-refractivity contribution in [1.29, 1.82) is 0 Å². The molecule has 0 aromatic carbocycles. The Morgan fingerprint density at radius 1 is 1.26 bits per heavy atom. The number of aryl methyl sites for hydroxylation is 1. The number of hydrogen-bond donors (Lipinski definition) is 2. The van der Waals surface area contributed by atoms with Gasteiger partial charge in [-0.1, -0.05) is 0 Å². The lowest BCUT2D eigenvalue weighted by molar-refractivity contribution is -0.133. The first-order valence-electron chi connectivity index (χ1n) is 8.32. The highest BCUT2D eigenvalue weighted by Crippen LogP contribution is 2.29. The summed E-state index contributed by atoms with van der Waals surface area (Å²) in [6.45, 7) is 5.77. The van der Waals surface area contributed by atoms with Gasteiger partial charge in [-0.2, -0.15) is 0 Å². The zero-order valence-corrected chi connectivity index (χ0v) is 13.7. The van der Waals surface area contributed by atoms with Crippen LogP contribution in [0, 0.1) is 0 Å². The van der Waals surface area contributed by atoms with Crippen molar-refractivity contribution in [2.75, 3.05) is 13.1 Å². The molecule has 23 heavy (non-hydrogen) atoms. The SMILES string of the molecule is CC(C)NC(=O)NCc1nnc2n1C(C(=O)N1CCCC1)CC2. The van der Waals surface area contributed by atoms with Crippen LogP contribution in [-0.2, 0) is 17.8 Å². The summed E-state index contributed by atoms with van der Waals surface area (Å²) in [4.78, 5) is 26.3. The zero-order chi connectivity index (χ0) is 16.4. The number of carbonyl (C=O) groups excluding carboxylic acids is 2. The molecule has 3 heterocycles. The number of hydrogen-bond acceptors (Lipinski definition) is 4. The van der Waals surface area contributed by atoms with E-state index >= 15 is 0 Å². The predicted octanol–water partition coefficient (Wildman–Crippen LogP) is 0.595. The maximum atomic E-state index is 12.7. The summed E-state index contributed by atoms with van der Waals surface area (Å²) in [7, 11) is 0. The topological polar surface area (TPSA) is 92.1 Å². The summed E-state index contributed by atoms with van der Waals surface area (Å²) < 4.78 is 1.91. The van der Waals surface area contributed by atoms with Gasteiger partial charge >= 0.3 is 6.03 Å². The molecule has 2 N–H and O–H groups in total. The lowest BCUT2D eigenvalue weighted by Crippen LogP contribution is -2.40. The maximum absolute atomic E-state index is 12.7. The van der Waals surface area contributed by atoms with Gasteiger partial charge in [-0.25, -0.2) is 4.79 Å². The first-order chi connectivity index (χ1) is 11.1. The van der Waals surface area contributed by atoms with Gasteiger partial charge in [-0.3, -0.25) is 4.79 Å². The second-order valence-electron chi connectivity index (χ2n) is 6.47. The number of urea groups is 1. The van der Waals surface area contributed by atoms with Gasteiger partial charge in [-0.05, 0) is 33.1 Å². The van der Waals surface area contributed by atoms with Gasteiger partial charge in [0, 0.05) is 25.6 Å². The van der Waals surface area contributed by atoms with Crippen LogP contribution >= 0.6 is 0 Å². The van der Waals surface area contributed by atoms with Gasteiger partial charge in [0.1, 0.15) is 11.9 Å². The molecule has 0 saturated carbocycles. The molecular weight excluding hydrogens is 296 g/mol. The fourth-order valence-electron chi connectivity index (χ4n) is 3.26. The van der Waals surface area contributed by atoms with Crippen molar-refractivity contribution in [3.05, 3.63) is 11.6 Å². The van der Waals surface area contributed by atoms with Crippen LogP contribution in [0.4, 0.5) is 4.79 Å². The molecule has 0 spiro atoms. The molecule has 0 bridgehead atoms. The van der Waals surface area contributed by atoms with E-state index in [0.29, 0.717) is 5.82 Å². The van der Waals surface area contributed by atoms with Gasteiger partial charge in [0.15, 0.2) is 5.82 Å². The summed E-state index contributed by atoms with van der Waals surface area (Å²) in [6.07, 6.45) is 3.69. The van der Waals surface area contributed by atoms with Gasteiger partial charge < -0.3 is 20.1 Å². The van der Waals surface area contributed by atoms with Crippen molar-refractivity contribution in [2.45, 2.75) is 58.2 Å². The summed E-state index contributed by atoms with van der Waals surface area (Å²) >= 11 is 0. The van der Waals surface area contributed by atoms with E-state index in [1.807, 2.05) is 23.3 Å². The molecule has 1 saturated heterocycles. The minimum absolute atomic E-state index is 0.0728. The molecule has 3 amide bonds. The number of amides is 3. The Morgan fingerprint density at radius 2 is 2.00 bits per heavy atom. The fourth-order valence-corrected chi connectivity index (χ4v) is 3.26. The van der Waals surface area contributed by atoms with Gasteiger partial charge in [0.05, 0.1) is 6.54 Å². The van der Waals surface area contributed by atoms with E-state index in [1.54, 1.807) is 0 Å².